The average Bonchev–Trinajstić information content (AvgIpc) is 2.77. The van der Waals surface area contributed by atoms with Crippen molar-refractivity contribution in [3.8, 4) is 17.6 Å². The van der Waals surface area contributed by atoms with Crippen molar-refractivity contribution >= 4 is 22.3 Å². The second-order valence-corrected chi connectivity index (χ2v) is 7.20. The zero-order valence-corrected chi connectivity index (χ0v) is 16.1. The second-order valence-electron chi connectivity index (χ2n) is 7.20. The van der Waals surface area contributed by atoms with Crippen LogP contribution >= 0.6 is 0 Å². The molecule has 0 radical (unpaired) electrons. The first-order valence-electron chi connectivity index (χ1n) is 9.47. The molecule has 1 aromatic heterocycles. The number of aromatic nitrogens is 2. The molecule has 0 bridgehead atoms. The molecule has 0 aliphatic carbocycles. The Hall–Kier alpha value is -3.67. The first kappa shape index (κ1) is 18.4. The number of anilines is 2. The van der Waals surface area contributed by atoms with Gasteiger partial charge in [0.05, 0.1) is 18.8 Å². The summed E-state index contributed by atoms with van der Waals surface area (Å²) >= 11 is 0. The molecular weight excluding hydrogens is 392 g/mol. The maximum Gasteiger partial charge on any atom is 0.187 e. The first-order valence-corrected chi connectivity index (χ1v) is 9.47. The summed E-state index contributed by atoms with van der Waals surface area (Å²) in [6.45, 7) is 1.85. The fourth-order valence-corrected chi connectivity index (χ4v) is 4.26. The summed E-state index contributed by atoms with van der Waals surface area (Å²) in [5.41, 5.74) is 1.44. The highest BCUT2D eigenvalue weighted by atomic mass is 19.1. The summed E-state index contributed by atoms with van der Waals surface area (Å²) < 4.78 is 39.7. The maximum absolute atomic E-state index is 14.5. The minimum Gasteiger partial charge on any atom is -0.494 e. The highest BCUT2D eigenvalue weighted by Gasteiger charge is 2.36. The highest BCUT2D eigenvalue weighted by Crippen LogP contribution is 2.40. The predicted molar refractivity (Wildman–Crippen MR) is 106 cm³/mol. The Balaban J connectivity index is 1.58. The Morgan fingerprint density at radius 3 is 2.87 bits per heavy atom. The van der Waals surface area contributed by atoms with Crippen LogP contribution in [0.3, 0.4) is 0 Å². The second kappa shape index (κ2) is 6.99. The molecule has 30 heavy (non-hydrogen) atoms. The van der Waals surface area contributed by atoms with E-state index in [-0.39, 0.29) is 23.3 Å². The van der Waals surface area contributed by atoms with Gasteiger partial charge in [0, 0.05) is 31.1 Å². The molecule has 3 aromatic rings. The molecule has 0 N–H and O–H groups in total. The lowest BCUT2D eigenvalue weighted by Gasteiger charge is -2.46. The van der Waals surface area contributed by atoms with Gasteiger partial charge in [-0.1, -0.05) is 6.07 Å². The van der Waals surface area contributed by atoms with E-state index < -0.39 is 5.82 Å². The van der Waals surface area contributed by atoms with Gasteiger partial charge in [-0.25, -0.2) is 8.78 Å². The number of nitrogens with zero attached hydrogens (tertiary/aromatic N) is 5. The normalized spacial score (nSPS) is 17.7. The Labute approximate surface area is 171 Å². The van der Waals surface area contributed by atoms with Gasteiger partial charge in [-0.2, -0.15) is 5.26 Å². The molecule has 2 aromatic carbocycles. The van der Waals surface area contributed by atoms with E-state index in [4.69, 9.17) is 9.47 Å². The van der Waals surface area contributed by atoms with Crippen LogP contribution in [0.4, 0.5) is 20.2 Å². The molecule has 0 amide bonds. The van der Waals surface area contributed by atoms with Crippen molar-refractivity contribution in [1.82, 2.24) is 10.2 Å². The van der Waals surface area contributed by atoms with Gasteiger partial charge in [-0.05, 0) is 18.2 Å². The summed E-state index contributed by atoms with van der Waals surface area (Å²) in [7, 11) is 1.43. The quantitative estimate of drug-likeness (QED) is 0.644. The molecule has 1 fully saturated rings. The zero-order valence-electron chi connectivity index (χ0n) is 16.1. The van der Waals surface area contributed by atoms with Crippen molar-refractivity contribution in [2.75, 3.05) is 43.2 Å². The topological polar surface area (TPSA) is 74.5 Å². The van der Waals surface area contributed by atoms with E-state index in [2.05, 4.69) is 16.3 Å². The Morgan fingerprint density at radius 1 is 1.20 bits per heavy atom. The monoisotopic (exact) mass is 409 g/mol. The van der Waals surface area contributed by atoms with Crippen molar-refractivity contribution in [3.63, 3.8) is 0 Å². The van der Waals surface area contributed by atoms with Crippen LogP contribution in [0.2, 0.25) is 0 Å². The number of nitriles is 1. The lowest BCUT2D eigenvalue weighted by atomic mass is 10.0. The van der Waals surface area contributed by atoms with Gasteiger partial charge >= 0.3 is 0 Å². The number of halogens is 2. The molecule has 2 aliphatic rings. The Morgan fingerprint density at radius 2 is 2.07 bits per heavy atom. The molecule has 9 heteroatoms. The molecule has 5 rings (SSSR count). The molecule has 152 valence electrons. The van der Waals surface area contributed by atoms with Crippen molar-refractivity contribution in [2.24, 2.45) is 0 Å². The number of benzene rings is 2. The summed E-state index contributed by atoms with van der Waals surface area (Å²) in [6.07, 6.45) is 0. The maximum atomic E-state index is 14.5. The minimum absolute atomic E-state index is 0.104. The molecule has 1 saturated heterocycles. The largest absolute Gasteiger partial charge is 0.494 e. The van der Waals surface area contributed by atoms with E-state index in [1.807, 2.05) is 9.80 Å². The number of rotatable bonds is 2. The molecule has 0 saturated carbocycles. The van der Waals surface area contributed by atoms with Crippen LogP contribution in [0.15, 0.2) is 30.3 Å². The van der Waals surface area contributed by atoms with E-state index in [0.29, 0.717) is 54.3 Å². The minimum atomic E-state index is -0.492. The van der Waals surface area contributed by atoms with Gasteiger partial charge < -0.3 is 19.3 Å². The Bertz CT molecular complexity index is 1200. The predicted octanol–water partition coefficient (Wildman–Crippen LogP) is 2.88. The summed E-state index contributed by atoms with van der Waals surface area (Å²) in [6, 6.07) is 9.29. The number of ether oxygens (including phenoxy) is 2. The number of hydrogen-bond donors (Lipinski definition) is 0. The van der Waals surface area contributed by atoms with Crippen LogP contribution in [-0.2, 0) is 0 Å². The van der Waals surface area contributed by atoms with Gasteiger partial charge in [0.15, 0.2) is 5.69 Å². The number of methoxy groups -OCH3 is 1. The van der Waals surface area contributed by atoms with Crippen LogP contribution in [0.1, 0.15) is 5.69 Å². The van der Waals surface area contributed by atoms with Crippen molar-refractivity contribution in [2.45, 2.75) is 6.04 Å². The third-order valence-corrected chi connectivity index (χ3v) is 5.56. The van der Waals surface area contributed by atoms with Crippen LogP contribution in [0.5, 0.6) is 11.5 Å². The van der Waals surface area contributed by atoms with Crippen LogP contribution < -0.4 is 19.3 Å². The zero-order chi connectivity index (χ0) is 20.8. The molecule has 2 aliphatic heterocycles. The Kier molecular flexibility index (Phi) is 4.28. The van der Waals surface area contributed by atoms with Gasteiger partial charge in [-0.3, -0.25) is 0 Å². The van der Waals surface area contributed by atoms with Crippen molar-refractivity contribution in [3.05, 3.63) is 47.7 Å². The lowest BCUT2D eigenvalue weighted by Crippen LogP contribution is -2.57. The average molecular weight is 409 g/mol. The van der Waals surface area contributed by atoms with E-state index in [0.717, 1.165) is 0 Å². The smallest absolute Gasteiger partial charge is 0.187 e. The number of hydrogen-bond acceptors (Lipinski definition) is 7. The van der Waals surface area contributed by atoms with Crippen LogP contribution in [0, 0.1) is 23.0 Å². The molecular formula is C21H17F2N5O2. The fraction of sp³-hybridized carbons (Fsp3) is 0.286. The van der Waals surface area contributed by atoms with E-state index in [9.17, 15) is 14.0 Å². The number of fused-ring (bicyclic) bond motifs is 4. The molecule has 0 spiro atoms. The number of piperazine rings is 1. The van der Waals surface area contributed by atoms with Gasteiger partial charge in [0.2, 0.25) is 0 Å². The molecule has 1 atom stereocenters. The SMILES string of the molecule is COc1cc(F)cc2c(N3CCN4c5c(F)cccc5OCC4C3)c(C#N)nnc12. The summed E-state index contributed by atoms with van der Waals surface area (Å²) in [4.78, 5) is 3.96. The van der Waals surface area contributed by atoms with Gasteiger partial charge in [0.1, 0.15) is 47.0 Å². The van der Waals surface area contributed by atoms with Crippen molar-refractivity contribution in [1.29, 1.82) is 5.26 Å². The standard InChI is InChI=1S/C21H17F2N5O2/c1-29-18-8-12(22)7-14-19(18)26-25-16(9-24)20(14)27-5-6-28-13(10-27)11-30-17-4-2-3-15(23)21(17)28/h2-4,7-8,13H,5-6,10-11H2,1H3. The lowest BCUT2D eigenvalue weighted by molar-refractivity contribution is 0.252. The molecule has 7 nitrogen and oxygen atoms in total. The molecule has 3 heterocycles. The third-order valence-electron chi connectivity index (χ3n) is 5.56. The summed E-state index contributed by atoms with van der Waals surface area (Å²) in [5.74, 6) is -0.0431. The van der Waals surface area contributed by atoms with Crippen molar-refractivity contribution < 1.29 is 18.3 Å². The number of para-hydroxylation sites is 1. The highest BCUT2D eigenvalue weighted by molar-refractivity contribution is 5.97. The third kappa shape index (κ3) is 2.76. The first-order chi connectivity index (χ1) is 14.6. The van der Waals surface area contributed by atoms with E-state index in [1.165, 1.54) is 25.3 Å². The van der Waals surface area contributed by atoms with Gasteiger partial charge in [0.25, 0.3) is 0 Å². The van der Waals surface area contributed by atoms with Gasteiger partial charge in [-0.15, -0.1) is 10.2 Å². The summed E-state index contributed by atoms with van der Waals surface area (Å²) in [5, 5.41) is 18.2. The van der Waals surface area contributed by atoms with Crippen LogP contribution in [-0.4, -0.2) is 49.6 Å². The van der Waals surface area contributed by atoms with E-state index >= 15 is 0 Å². The fourth-order valence-electron chi connectivity index (χ4n) is 4.26. The van der Waals surface area contributed by atoms with E-state index in [1.54, 1.807) is 12.1 Å². The molecule has 1 unspecified atom stereocenters. The van der Waals surface area contributed by atoms with Crippen LogP contribution in [0.25, 0.3) is 10.9 Å².